The van der Waals surface area contributed by atoms with Gasteiger partial charge in [-0.3, -0.25) is 4.79 Å². The van der Waals surface area contributed by atoms with E-state index >= 15 is 0 Å². The van der Waals surface area contributed by atoms with Crippen molar-refractivity contribution in [2.45, 2.75) is 65.0 Å². The van der Waals surface area contributed by atoms with Crippen LogP contribution in [0, 0.1) is 11.3 Å². The predicted octanol–water partition coefficient (Wildman–Crippen LogP) is 2.09. The minimum Gasteiger partial charge on any atom is -0.378 e. The van der Waals surface area contributed by atoms with Crippen LogP contribution in [0.2, 0.25) is 0 Å². The van der Waals surface area contributed by atoms with Crippen molar-refractivity contribution in [1.29, 1.82) is 0 Å². The molecule has 3 atom stereocenters. The maximum absolute atomic E-state index is 12.1. The van der Waals surface area contributed by atoms with Crippen LogP contribution >= 0.6 is 0 Å². The van der Waals surface area contributed by atoms with E-state index in [0.717, 1.165) is 32.5 Å². The number of hydrogen-bond acceptors (Lipinski definition) is 3. The third-order valence-electron chi connectivity index (χ3n) is 5.06. The van der Waals surface area contributed by atoms with Crippen molar-refractivity contribution in [1.82, 2.24) is 10.6 Å². The molecule has 1 amide bonds. The van der Waals surface area contributed by atoms with Crippen LogP contribution in [0.4, 0.5) is 0 Å². The fraction of sp³-hybridized carbons (Fsp3) is 0.938. The van der Waals surface area contributed by atoms with E-state index in [2.05, 4.69) is 24.5 Å². The number of carbonyl (C=O) groups excluding carboxylic acids is 1. The van der Waals surface area contributed by atoms with Gasteiger partial charge in [-0.2, -0.15) is 0 Å². The molecule has 2 fully saturated rings. The smallest absolute Gasteiger partial charge is 0.220 e. The zero-order chi connectivity index (χ0) is 14.6. The summed E-state index contributed by atoms with van der Waals surface area (Å²) < 4.78 is 5.70. The fourth-order valence-electron chi connectivity index (χ4n) is 3.39. The second kappa shape index (κ2) is 6.90. The highest BCUT2D eigenvalue weighted by molar-refractivity contribution is 5.76. The molecule has 1 heterocycles. The summed E-state index contributed by atoms with van der Waals surface area (Å²) in [7, 11) is 0. The van der Waals surface area contributed by atoms with Gasteiger partial charge in [-0.05, 0) is 51.6 Å². The van der Waals surface area contributed by atoms with E-state index in [1.54, 1.807) is 0 Å². The van der Waals surface area contributed by atoms with Crippen LogP contribution in [0.3, 0.4) is 0 Å². The van der Waals surface area contributed by atoms with E-state index in [4.69, 9.17) is 4.74 Å². The van der Waals surface area contributed by atoms with Gasteiger partial charge in [0.25, 0.3) is 0 Å². The molecule has 0 bridgehead atoms. The number of carbonyl (C=O) groups is 1. The minimum atomic E-state index is 0.0675. The van der Waals surface area contributed by atoms with Crippen molar-refractivity contribution >= 4 is 5.91 Å². The Morgan fingerprint density at radius 2 is 2.25 bits per heavy atom. The molecule has 0 spiro atoms. The first-order chi connectivity index (χ1) is 9.54. The second-order valence-corrected chi connectivity index (χ2v) is 6.87. The molecule has 4 heteroatoms. The minimum absolute atomic E-state index is 0.0675. The lowest BCUT2D eigenvalue weighted by atomic mass is 9.64. The summed E-state index contributed by atoms with van der Waals surface area (Å²) in [5, 5.41) is 6.60. The summed E-state index contributed by atoms with van der Waals surface area (Å²) in [6.07, 6.45) is 5.44. The Labute approximate surface area is 123 Å². The Balaban J connectivity index is 1.67. The highest BCUT2D eigenvalue weighted by atomic mass is 16.5. The van der Waals surface area contributed by atoms with Gasteiger partial charge in [-0.15, -0.1) is 0 Å². The van der Waals surface area contributed by atoms with Crippen molar-refractivity contribution in [2.24, 2.45) is 11.3 Å². The number of hydrogen-bond donors (Lipinski definition) is 2. The van der Waals surface area contributed by atoms with E-state index in [9.17, 15) is 4.79 Å². The molecule has 1 saturated carbocycles. The quantitative estimate of drug-likeness (QED) is 0.784. The average molecular weight is 282 g/mol. The lowest BCUT2D eigenvalue weighted by molar-refractivity contribution is -0.136. The lowest BCUT2D eigenvalue weighted by Gasteiger charge is -2.51. The molecule has 1 aliphatic heterocycles. The summed E-state index contributed by atoms with van der Waals surface area (Å²) in [6.45, 7) is 9.37. The summed E-state index contributed by atoms with van der Waals surface area (Å²) >= 11 is 0. The Hall–Kier alpha value is -0.610. The molecule has 2 rings (SSSR count). The van der Waals surface area contributed by atoms with Crippen molar-refractivity contribution in [3.8, 4) is 0 Å². The fourth-order valence-corrected chi connectivity index (χ4v) is 3.39. The average Bonchev–Trinajstić information content (AvgIpc) is 2.45. The first-order valence-corrected chi connectivity index (χ1v) is 8.15. The lowest BCUT2D eigenvalue weighted by Crippen LogP contribution is -2.62. The Morgan fingerprint density at radius 3 is 2.85 bits per heavy atom. The third kappa shape index (κ3) is 3.73. The number of piperidine rings is 1. The van der Waals surface area contributed by atoms with Gasteiger partial charge in [0, 0.05) is 24.5 Å². The molecular weight excluding hydrogens is 252 g/mol. The van der Waals surface area contributed by atoms with Crippen molar-refractivity contribution in [3.63, 3.8) is 0 Å². The standard InChI is InChI=1S/C16H30N2O2/c1-4-20-14-10-13(16(14,2)3)18-15(19)8-7-12-6-5-9-17-11-12/h12-14,17H,4-11H2,1-3H3,(H,18,19). The first kappa shape index (κ1) is 15.8. The van der Waals surface area contributed by atoms with Crippen LogP contribution < -0.4 is 10.6 Å². The largest absolute Gasteiger partial charge is 0.378 e. The van der Waals surface area contributed by atoms with E-state index < -0.39 is 0 Å². The molecule has 20 heavy (non-hydrogen) atoms. The summed E-state index contributed by atoms with van der Waals surface area (Å²) in [6, 6.07) is 0.274. The van der Waals surface area contributed by atoms with Crippen molar-refractivity contribution < 1.29 is 9.53 Å². The van der Waals surface area contributed by atoms with Gasteiger partial charge >= 0.3 is 0 Å². The van der Waals surface area contributed by atoms with Gasteiger partial charge in [0.05, 0.1) is 6.10 Å². The van der Waals surface area contributed by atoms with Crippen molar-refractivity contribution in [2.75, 3.05) is 19.7 Å². The molecule has 2 aliphatic rings. The third-order valence-corrected chi connectivity index (χ3v) is 5.06. The van der Waals surface area contributed by atoms with Gasteiger partial charge in [0.15, 0.2) is 0 Å². The number of ether oxygens (including phenoxy) is 1. The highest BCUT2D eigenvalue weighted by Crippen LogP contribution is 2.42. The zero-order valence-electron chi connectivity index (χ0n) is 13.2. The molecular formula is C16H30N2O2. The maximum atomic E-state index is 12.1. The normalized spacial score (nSPS) is 32.5. The molecule has 1 saturated heterocycles. The van der Waals surface area contributed by atoms with Crippen LogP contribution in [0.25, 0.3) is 0 Å². The van der Waals surface area contributed by atoms with Gasteiger partial charge in [-0.1, -0.05) is 13.8 Å². The van der Waals surface area contributed by atoms with Crippen LogP contribution in [0.1, 0.15) is 52.9 Å². The van der Waals surface area contributed by atoms with Crippen LogP contribution in [0.15, 0.2) is 0 Å². The molecule has 4 nitrogen and oxygen atoms in total. The van der Waals surface area contributed by atoms with E-state index in [0.29, 0.717) is 18.4 Å². The summed E-state index contributed by atoms with van der Waals surface area (Å²) in [4.78, 5) is 12.1. The second-order valence-electron chi connectivity index (χ2n) is 6.87. The molecule has 0 radical (unpaired) electrons. The SMILES string of the molecule is CCOC1CC(NC(=O)CCC2CCCNC2)C1(C)C. The van der Waals surface area contributed by atoms with Crippen LogP contribution in [-0.4, -0.2) is 37.7 Å². The number of rotatable bonds is 6. The Kier molecular flexibility index (Phi) is 5.44. The first-order valence-electron chi connectivity index (χ1n) is 8.15. The van der Waals surface area contributed by atoms with Gasteiger partial charge in [0.2, 0.25) is 5.91 Å². The monoisotopic (exact) mass is 282 g/mol. The zero-order valence-corrected chi connectivity index (χ0v) is 13.2. The van der Waals surface area contributed by atoms with E-state index in [-0.39, 0.29) is 17.4 Å². The molecule has 0 aromatic rings. The molecule has 0 aromatic carbocycles. The molecule has 3 unspecified atom stereocenters. The molecule has 116 valence electrons. The van der Waals surface area contributed by atoms with Gasteiger partial charge in [-0.25, -0.2) is 0 Å². The topological polar surface area (TPSA) is 50.4 Å². The summed E-state index contributed by atoms with van der Waals surface area (Å²) in [5.41, 5.74) is 0.0675. The van der Waals surface area contributed by atoms with Crippen LogP contribution in [0.5, 0.6) is 0 Å². The Morgan fingerprint density at radius 1 is 1.45 bits per heavy atom. The summed E-state index contributed by atoms with van der Waals surface area (Å²) in [5.74, 6) is 0.892. The Bertz CT molecular complexity index is 324. The molecule has 2 N–H and O–H groups in total. The number of amides is 1. The number of nitrogens with one attached hydrogen (secondary N) is 2. The predicted molar refractivity (Wildman–Crippen MR) is 80.6 cm³/mol. The van der Waals surface area contributed by atoms with E-state index in [1.807, 2.05) is 6.92 Å². The maximum Gasteiger partial charge on any atom is 0.220 e. The molecule has 1 aliphatic carbocycles. The van der Waals surface area contributed by atoms with Gasteiger partial charge in [0.1, 0.15) is 0 Å². The molecule has 0 aromatic heterocycles. The highest BCUT2D eigenvalue weighted by Gasteiger charge is 2.49. The van der Waals surface area contributed by atoms with E-state index in [1.165, 1.54) is 12.8 Å². The van der Waals surface area contributed by atoms with Crippen LogP contribution in [-0.2, 0) is 9.53 Å². The van der Waals surface area contributed by atoms with Crippen molar-refractivity contribution in [3.05, 3.63) is 0 Å². The van der Waals surface area contributed by atoms with Gasteiger partial charge < -0.3 is 15.4 Å².